The van der Waals surface area contributed by atoms with E-state index in [-0.39, 0.29) is 0 Å². The van der Waals surface area contributed by atoms with Crippen LogP contribution in [0.4, 0.5) is 0 Å². The average molecular weight is 178 g/mol. The van der Waals surface area contributed by atoms with Crippen LogP contribution in [0.15, 0.2) is 29.4 Å². The van der Waals surface area contributed by atoms with E-state index in [1.807, 2.05) is 26.0 Å². The van der Waals surface area contributed by atoms with Gasteiger partial charge in [0.1, 0.15) is 0 Å². The normalized spacial score (nSPS) is 9.46. The fraction of sp³-hybridized carbons (Fsp3) is 0.364. The van der Waals surface area contributed by atoms with Crippen LogP contribution in [0.1, 0.15) is 31.9 Å². The summed E-state index contributed by atoms with van der Waals surface area (Å²) in [4.78, 5) is 0. The molecule has 13 heavy (non-hydrogen) atoms. The summed E-state index contributed by atoms with van der Waals surface area (Å²) < 4.78 is 0. The number of rotatable bonds is 2. The molecule has 0 heterocycles. The van der Waals surface area contributed by atoms with Crippen molar-refractivity contribution in [3.05, 3.63) is 35.4 Å². The summed E-state index contributed by atoms with van der Waals surface area (Å²) in [7, 11) is 0. The lowest BCUT2D eigenvalue weighted by molar-refractivity contribution is 1.14. The molecule has 0 bridgehead atoms. The molecule has 0 aliphatic rings. The van der Waals surface area contributed by atoms with Crippen molar-refractivity contribution < 1.29 is 0 Å². The van der Waals surface area contributed by atoms with Gasteiger partial charge in [-0.05, 0) is 17.5 Å². The molecule has 2 nitrogen and oxygen atoms in total. The Hall–Kier alpha value is -1.31. The minimum absolute atomic E-state index is 1.05. The second kappa shape index (κ2) is 7.35. The molecule has 0 radical (unpaired) electrons. The smallest absolute Gasteiger partial charge is 0.0538 e. The third kappa shape index (κ3) is 4.31. The third-order valence-corrected chi connectivity index (χ3v) is 1.61. The first-order chi connectivity index (χ1) is 6.36. The quantitative estimate of drug-likeness (QED) is 0.422. The molecular weight excluding hydrogens is 160 g/mol. The van der Waals surface area contributed by atoms with Gasteiger partial charge in [0, 0.05) is 0 Å². The van der Waals surface area contributed by atoms with Crippen LogP contribution in [0.25, 0.3) is 0 Å². The van der Waals surface area contributed by atoms with Gasteiger partial charge in [0.15, 0.2) is 0 Å². The zero-order valence-electron chi connectivity index (χ0n) is 8.62. The lowest BCUT2D eigenvalue weighted by Gasteiger charge is -1.95. The van der Waals surface area contributed by atoms with Gasteiger partial charge in [-0.25, -0.2) is 0 Å². The van der Waals surface area contributed by atoms with Gasteiger partial charge in [0.05, 0.1) is 6.21 Å². The molecule has 0 aromatic heterocycles. The van der Waals surface area contributed by atoms with E-state index in [1.54, 1.807) is 6.21 Å². The fourth-order valence-corrected chi connectivity index (χ4v) is 0.925. The van der Waals surface area contributed by atoms with Gasteiger partial charge in [-0.3, -0.25) is 0 Å². The van der Waals surface area contributed by atoms with E-state index in [4.69, 9.17) is 5.84 Å². The molecule has 0 saturated carbocycles. The van der Waals surface area contributed by atoms with Gasteiger partial charge in [0.2, 0.25) is 0 Å². The minimum atomic E-state index is 1.05. The molecule has 0 saturated heterocycles. The van der Waals surface area contributed by atoms with E-state index in [1.165, 1.54) is 5.56 Å². The number of aryl methyl sites for hydroxylation is 1. The molecule has 0 amide bonds. The lowest BCUT2D eigenvalue weighted by atomic mass is 10.1. The number of hydrogen-bond donors (Lipinski definition) is 1. The fourth-order valence-electron chi connectivity index (χ4n) is 0.925. The van der Waals surface area contributed by atoms with Crippen LogP contribution in [0.3, 0.4) is 0 Å². The number of hydrazone groups is 1. The lowest BCUT2D eigenvalue weighted by Crippen LogP contribution is -1.86. The molecule has 2 heteroatoms. The van der Waals surface area contributed by atoms with Gasteiger partial charge in [0.25, 0.3) is 0 Å². The van der Waals surface area contributed by atoms with Gasteiger partial charge in [-0.2, -0.15) is 5.10 Å². The monoisotopic (exact) mass is 178 g/mol. The van der Waals surface area contributed by atoms with Crippen molar-refractivity contribution >= 4 is 6.21 Å². The largest absolute Gasteiger partial charge is 0.323 e. The van der Waals surface area contributed by atoms with Crippen molar-refractivity contribution in [1.29, 1.82) is 0 Å². The standard InChI is InChI=1S/C9H12N2.C2H6/c1-2-8-3-5-9(6-4-8)7-11-10;1-2/h3-7H,2,10H2,1H3;1-2H3/b11-7+;. The number of hydrogen-bond acceptors (Lipinski definition) is 2. The molecule has 0 fully saturated rings. The second-order valence-corrected chi connectivity index (χ2v) is 2.37. The summed E-state index contributed by atoms with van der Waals surface area (Å²) in [6, 6.07) is 8.18. The molecule has 1 aromatic carbocycles. The predicted molar refractivity (Wildman–Crippen MR) is 58.9 cm³/mol. The topological polar surface area (TPSA) is 38.4 Å². The molecular formula is C11H18N2. The van der Waals surface area contributed by atoms with Gasteiger partial charge in [-0.1, -0.05) is 45.0 Å². The van der Waals surface area contributed by atoms with Crippen molar-refractivity contribution in [2.45, 2.75) is 27.2 Å². The Morgan fingerprint density at radius 3 is 2.15 bits per heavy atom. The molecule has 0 spiro atoms. The van der Waals surface area contributed by atoms with Gasteiger partial charge in [-0.15, -0.1) is 0 Å². The predicted octanol–water partition coefficient (Wildman–Crippen LogP) is 2.57. The molecule has 1 aromatic rings. The summed E-state index contributed by atoms with van der Waals surface area (Å²) in [5.41, 5.74) is 2.38. The SMILES string of the molecule is CC.CCc1ccc(/C=N/N)cc1. The van der Waals surface area contributed by atoms with Crippen molar-refractivity contribution in [3.8, 4) is 0 Å². The summed E-state index contributed by atoms with van der Waals surface area (Å²) in [5, 5.41) is 3.44. The molecule has 0 aliphatic carbocycles. The van der Waals surface area contributed by atoms with Crippen molar-refractivity contribution in [2.24, 2.45) is 10.9 Å². The van der Waals surface area contributed by atoms with E-state index in [0.29, 0.717) is 0 Å². The average Bonchev–Trinajstić information content (AvgIpc) is 2.23. The van der Waals surface area contributed by atoms with Crippen LogP contribution in [-0.2, 0) is 6.42 Å². The highest BCUT2D eigenvalue weighted by molar-refractivity contribution is 5.79. The maximum atomic E-state index is 5.00. The first kappa shape index (κ1) is 11.7. The highest BCUT2D eigenvalue weighted by atomic mass is 15.1. The van der Waals surface area contributed by atoms with Gasteiger partial charge >= 0.3 is 0 Å². The van der Waals surface area contributed by atoms with Crippen molar-refractivity contribution in [2.75, 3.05) is 0 Å². The minimum Gasteiger partial charge on any atom is -0.323 e. The molecule has 1 rings (SSSR count). The van der Waals surface area contributed by atoms with Crippen LogP contribution in [0.2, 0.25) is 0 Å². The number of benzene rings is 1. The summed E-state index contributed by atoms with van der Waals surface area (Å²) >= 11 is 0. The van der Waals surface area contributed by atoms with Gasteiger partial charge < -0.3 is 5.84 Å². The van der Waals surface area contributed by atoms with E-state index in [0.717, 1.165) is 12.0 Å². The Kier molecular flexibility index (Phi) is 6.60. The van der Waals surface area contributed by atoms with Crippen LogP contribution in [0.5, 0.6) is 0 Å². The molecule has 0 atom stereocenters. The number of nitrogens with two attached hydrogens (primary N) is 1. The highest BCUT2D eigenvalue weighted by Crippen LogP contribution is 2.02. The second-order valence-electron chi connectivity index (χ2n) is 2.37. The van der Waals surface area contributed by atoms with Crippen LogP contribution >= 0.6 is 0 Å². The van der Waals surface area contributed by atoms with E-state index in [9.17, 15) is 0 Å². The summed E-state index contributed by atoms with van der Waals surface area (Å²) in [6.45, 7) is 6.13. The summed E-state index contributed by atoms with van der Waals surface area (Å²) in [6.07, 6.45) is 2.71. The van der Waals surface area contributed by atoms with Crippen molar-refractivity contribution in [3.63, 3.8) is 0 Å². The molecule has 2 N–H and O–H groups in total. The van der Waals surface area contributed by atoms with Crippen LogP contribution < -0.4 is 5.84 Å². The Morgan fingerprint density at radius 2 is 1.77 bits per heavy atom. The molecule has 0 unspecified atom stereocenters. The first-order valence-corrected chi connectivity index (χ1v) is 4.69. The van der Waals surface area contributed by atoms with E-state index < -0.39 is 0 Å². The zero-order chi connectivity index (χ0) is 10.1. The maximum absolute atomic E-state index is 5.00. The van der Waals surface area contributed by atoms with Crippen LogP contribution in [0, 0.1) is 0 Å². The third-order valence-electron chi connectivity index (χ3n) is 1.61. The maximum Gasteiger partial charge on any atom is 0.0538 e. The highest BCUT2D eigenvalue weighted by Gasteiger charge is 1.88. The molecule has 0 aliphatic heterocycles. The van der Waals surface area contributed by atoms with E-state index >= 15 is 0 Å². The Balaban J connectivity index is 0.000000671. The Bertz CT molecular complexity index is 237. The van der Waals surface area contributed by atoms with E-state index in [2.05, 4.69) is 24.2 Å². The zero-order valence-corrected chi connectivity index (χ0v) is 8.62. The molecule has 72 valence electrons. The summed E-state index contributed by atoms with van der Waals surface area (Å²) in [5.74, 6) is 5.00. The Morgan fingerprint density at radius 1 is 1.23 bits per heavy atom. The van der Waals surface area contributed by atoms with Crippen LogP contribution in [-0.4, -0.2) is 6.21 Å². The Labute approximate surface area is 80.5 Å². The number of nitrogens with zero attached hydrogens (tertiary/aromatic N) is 1. The first-order valence-electron chi connectivity index (χ1n) is 4.69. The van der Waals surface area contributed by atoms with Crippen molar-refractivity contribution in [1.82, 2.24) is 0 Å².